The number of aliphatic hydroxyl groups is 1. The number of morpholine rings is 1. The zero-order valence-corrected chi connectivity index (χ0v) is 21.1. The number of hydrogen-bond acceptors (Lipinski definition) is 5. The normalized spacial score (nSPS) is 24.3. The summed E-state index contributed by atoms with van der Waals surface area (Å²) in [5.74, 6) is 0.771. The Morgan fingerprint density at radius 2 is 1.62 bits per heavy atom. The first-order chi connectivity index (χ1) is 18.1. The topological polar surface area (TPSA) is 68.2 Å². The molecule has 0 radical (unpaired) electrons. The highest BCUT2D eigenvalue weighted by Crippen LogP contribution is 2.45. The van der Waals surface area contributed by atoms with Crippen LogP contribution in [0.25, 0.3) is 11.1 Å². The maximum atomic E-state index is 13.5. The van der Waals surface area contributed by atoms with E-state index in [1.165, 1.54) is 22.3 Å². The summed E-state index contributed by atoms with van der Waals surface area (Å²) in [4.78, 5) is 15.3. The average molecular weight is 500 g/mol. The van der Waals surface area contributed by atoms with Gasteiger partial charge in [0.2, 0.25) is 0 Å². The first-order valence-electron chi connectivity index (χ1n) is 13.2. The molecule has 0 aromatic heterocycles. The van der Waals surface area contributed by atoms with E-state index in [9.17, 15) is 9.90 Å². The van der Waals surface area contributed by atoms with Crippen LogP contribution in [0.4, 0.5) is 4.79 Å². The van der Waals surface area contributed by atoms with Crippen LogP contribution in [0.3, 0.4) is 0 Å². The molecule has 6 rings (SSSR count). The summed E-state index contributed by atoms with van der Waals surface area (Å²) in [6.45, 7) is 3.75. The highest BCUT2D eigenvalue weighted by atomic mass is 16.6. The second-order valence-corrected chi connectivity index (χ2v) is 10.4. The quantitative estimate of drug-likeness (QED) is 0.487. The second kappa shape index (κ2) is 9.84. The smallest absolute Gasteiger partial charge is 0.410 e. The van der Waals surface area contributed by atoms with Crippen LogP contribution in [-0.2, 0) is 15.1 Å². The Balaban J connectivity index is 1.18. The van der Waals surface area contributed by atoms with Crippen molar-refractivity contribution < 1.29 is 24.1 Å². The third kappa shape index (κ3) is 4.38. The molecule has 0 spiro atoms. The fourth-order valence-corrected chi connectivity index (χ4v) is 6.27. The van der Waals surface area contributed by atoms with E-state index in [4.69, 9.17) is 14.2 Å². The van der Waals surface area contributed by atoms with Crippen LogP contribution in [0.15, 0.2) is 72.8 Å². The standard InChI is InChI=1S/C31H33NO5/c1-2-14-36-24-9-7-8-21(15-24)31(34)16-22-18-35-19-23(17-31)32(22)30(33)37-20-29-27-12-5-3-10-25(27)26-11-4-6-13-28(26)29/h3-13,15,22-23,29,34H,2,14,16-20H2,1H3. The van der Waals surface area contributed by atoms with Gasteiger partial charge in [0.25, 0.3) is 0 Å². The number of amides is 1. The average Bonchev–Trinajstić information content (AvgIpc) is 3.24. The van der Waals surface area contributed by atoms with E-state index < -0.39 is 5.60 Å². The molecule has 2 bridgehead atoms. The molecule has 37 heavy (non-hydrogen) atoms. The van der Waals surface area contributed by atoms with Gasteiger partial charge in [-0.25, -0.2) is 4.79 Å². The van der Waals surface area contributed by atoms with Crippen LogP contribution in [0, 0.1) is 0 Å². The van der Waals surface area contributed by atoms with Crippen LogP contribution >= 0.6 is 0 Å². The minimum absolute atomic E-state index is 0.0139. The Hall–Kier alpha value is -3.35. The summed E-state index contributed by atoms with van der Waals surface area (Å²) in [5.41, 5.74) is 4.57. The van der Waals surface area contributed by atoms with Gasteiger partial charge in [-0.2, -0.15) is 0 Å². The van der Waals surface area contributed by atoms with Gasteiger partial charge in [-0.3, -0.25) is 4.90 Å². The third-order valence-electron chi connectivity index (χ3n) is 7.94. The van der Waals surface area contributed by atoms with Crippen molar-refractivity contribution in [3.8, 4) is 16.9 Å². The fourth-order valence-electron chi connectivity index (χ4n) is 6.27. The maximum Gasteiger partial charge on any atom is 0.410 e. The van der Waals surface area contributed by atoms with E-state index in [1.807, 2.05) is 53.4 Å². The molecule has 3 aromatic carbocycles. The van der Waals surface area contributed by atoms with Crippen molar-refractivity contribution in [3.05, 3.63) is 89.5 Å². The van der Waals surface area contributed by atoms with E-state index in [0.29, 0.717) is 32.7 Å². The maximum absolute atomic E-state index is 13.5. The summed E-state index contributed by atoms with van der Waals surface area (Å²) in [7, 11) is 0. The molecule has 0 saturated carbocycles. The Labute approximate surface area is 217 Å². The molecule has 6 heteroatoms. The Kier molecular flexibility index (Phi) is 6.39. The zero-order valence-electron chi connectivity index (χ0n) is 21.1. The molecule has 2 heterocycles. The minimum atomic E-state index is -1.05. The molecule has 2 unspecified atom stereocenters. The monoisotopic (exact) mass is 499 g/mol. The minimum Gasteiger partial charge on any atom is -0.494 e. The summed E-state index contributed by atoms with van der Waals surface area (Å²) >= 11 is 0. The number of rotatable bonds is 6. The van der Waals surface area contributed by atoms with E-state index >= 15 is 0 Å². The largest absolute Gasteiger partial charge is 0.494 e. The van der Waals surface area contributed by atoms with Crippen LogP contribution in [0.1, 0.15) is 48.8 Å². The number of carbonyl (C=O) groups is 1. The first-order valence-corrected chi connectivity index (χ1v) is 13.2. The molecule has 2 aliphatic heterocycles. The summed E-state index contributed by atoms with van der Waals surface area (Å²) in [5, 5.41) is 11.7. The van der Waals surface area contributed by atoms with Crippen molar-refractivity contribution in [1.82, 2.24) is 4.90 Å². The van der Waals surface area contributed by atoms with E-state index in [-0.39, 0.29) is 30.7 Å². The number of hydrogen-bond donors (Lipinski definition) is 1. The lowest BCUT2D eigenvalue weighted by atomic mass is 9.77. The molecule has 1 amide bonds. The molecule has 2 fully saturated rings. The van der Waals surface area contributed by atoms with Gasteiger partial charge in [-0.05, 0) is 46.4 Å². The number of ether oxygens (including phenoxy) is 3. The molecular weight excluding hydrogens is 466 g/mol. The van der Waals surface area contributed by atoms with Gasteiger partial charge < -0.3 is 19.3 Å². The lowest BCUT2D eigenvalue weighted by molar-refractivity contribution is -0.136. The number of nitrogens with zero attached hydrogens (tertiary/aromatic N) is 1. The fraction of sp³-hybridized carbons (Fsp3) is 0.387. The van der Waals surface area contributed by atoms with Gasteiger partial charge in [0.05, 0.1) is 37.5 Å². The second-order valence-electron chi connectivity index (χ2n) is 10.4. The predicted molar refractivity (Wildman–Crippen MR) is 141 cm³/mol. The molecule has 2 atom stereocenters. The molecule has 6 nitrogen and oxygen atoms in total. The zero-order chi connectivity index (χ0) is 25.4. The van der Waals surface area contributed by atoms with Gasteiger partial charge >= 0.3 is 6.09 Å². The molecular formula is C31H33NO5. The lowest BCUT2D eigenvalue weighted by Gasteiger charge is -2.51. The lowest BCUT2D eigenvalue weighted by Crippen LogP contribution is -2.62. The van der Waals surface area contributed by atoms with Crippen molar-refractivity contribution in [3.63, 3.8) is 0 Å². The molecule has 3 aromatic rings. The van der Waals surface area contributed by atoms with Gasteiger partial charge in [0, 0.05) is 18.8 Å². The molecule has 3 aliphatic rings. The first kappa shape index (κ1) is 24.0. The van der Waals surface area contributed by atoms with Crippen LogP contribution in [0.5, 0.6) is 5.75 Å². The molecule has 2 saturated heterocycles. The van der Waals surface area contributed by atoms with Gasteiger partial charge in [0.1, 0.15) is 12.4 Å². The number of benzene rings is 3. The molecule has 1 aliphatic carbocycles. The summed E-state index contributed by atoms with van der Waals surface area (Å²) in [6.07, 6.45) is 1.38. The van der Waals surface area contributed by atoms with Crippen molar-refractivity contribution in [1.29, 1.82) is 0 Å². The Morgan fingerprint density at radius 3 is 2.27 bits per heavy atom. The van der Waals surface area contributed by atoms with Crippen molar-refractivity contribution in [2.45, 2.75) is 49.8 Å². The predicted octanol–water partition coefficient (Wildman–Crippen LogP) is 5.48. The van der Waals surface area contributed by atoms with Gasteiger partial charge in [0.15, 0.2) is 0 Å². The van der Waals surface area contributed by atoms with Crippen molar-refractivity contribution in [2.75, 3.05) is 26.4 Å². The molecule has 192 valence electrons. The van der Waals surface area contributed by atoms with Crippen LogP contribution in [0.2, 0.25) is 0 Å². The Bertz CT molecular complexity index is 1230. The number of carbonyl (C=O) groups excluding carboxylic acids is 1. The summed E-state index contributed by atoms with van der Waals surface area (Å²) in [6, 6.07) is 23.9. The SMILES string of the molecule is CCCOc1cccc(C2(O)CC3COCC(C2)N3C(=O)OCC2c3ccccc3-c3ccccc32)c1. The Morgan fingerprint density at radius 1 is 0.973 bits per heavy atom. The van der Waals surface area contributed by atoms with Gasteiger partial charge in [-0.1, -0.05) is 67.6 Å². The van der Waals surface area contributed by atoms with Crippen molar-refractivity contribution >= 4 is 6.09 Å². The van der Waals surface area contributed by atoms with Crippen LogP contribution in [-0.4, -0.2) is 54.6 Å². The third-order valence-corrected chi connectivity index (χ3v) is 7.94. The van der Waals surface area contributed by atoms with Crippen LogP contribution < -0.4 is 4.74 Å². The highest BCUT2D eigenvalue weighted by Gasteiger charge is 2.49. The molecule has 1 N–H and O–H groups in total. The highest BCUT2D eigenvalue weighted by molar-refractivity contribution is 5.79. The van der Waals surface area contributed by atoms with E-state index in [0.717, 1.165) is 17.7 Å². The summed E-state index contributed by atoms with van der Waals surface area (Å²) < 4.78 is 17.6. The van der Waals surface area contributed by atoms with Gasteiger partial charge in [-0.15, -0.1) is 0 Å². The number of fused-ring (bicyclic) bond motifs is 5. The van der Waals surface area contributed by atoms with E-state index in [1.54, 1.807) is 0 Å². The van der Waals surface area contributed by atoms with E-state index in [2.05, 4.69) is 31.2 Å². The van der Waals surface area contributed by atoms with Crippen molar-refractivity contribution in [2.24, 2.45) is 0 Å². The number of piperidine rings is 1.